The lowest BCUT2D eigenvalue weighted by molar-refractivity contribution is -0.140. The van der Waals surface area contributed by atoms with Gasteiger partial charge in [-0.1, -0.05) is 29.8 Å². The number of hydrogen-bond acceptors (Lipinski definition) is 2. The van der Waals surface area contributed by atoms with E-state index in [9.17, 15) is 0 Å². The number of hydrogen-bond donors (Lipinski definition) is 0. The average molecular weight is 199 g/mol. The molecule has 3 heteroatoms. The van der Waals surface area contributed by atoms with E-state index in [1.54, 1.807) is 0 Å². The van der Waals surface area contributed by atoms with Crippen LogP contribution < -0.4 is 0 Å². The summed E-state index contributed by atoms with van der Waals surface area (Å²) in [4.78, 5) is 0. The molecule has 1 aliphatic rings. The van der Waals surface area contributed by atoms with Crippen molar-refractivity contribution in [2.75, 3.05) is 13.4 Å². The molecule has 1 heterocycles. The Morgan fingerprint density at radius 1 is 1.31 bits per heavy atom. The molecule has 1 saturated heterocycles. The van der Waals surface area contributed by atoms with Gasteiger partial charge in [0.25, 0.3) is 0 Å². The van der Waals surface area contributed by atoms with E-state index in [1.165, 1.54) is 0 Å². The summed E-state index contributed by atoms with van der Waals surface area (Å²) in [6, 6.07) is 7.78. The summed E-state index contributed by atoms with van der Waals surface area (Å²) in [5.41, 5.74) is 1.06. The van der Waals surface area contributed by atoms with Crippen molar-refractivity contribution in [1.82, 2.24) is 0 Å². The maximum Gasteiger partial charge on any atom is 0.147 e. The van der Waals surface area contributed by atoms with Gasteiger partial charge in [0.1, 0.15) is 6.79 Å². The molecule has 1 aromatic rings. The molecule has 0 aromatic heterocycles. The predicted molar refractivity (Wildman–Crippen MR) is 50.7 cm³/mol. The second-order valence-corrected chi connectivity index (χ2v) is 3.40. The molecule has 0 bridgehead atoms. The van der Waals surface area contributed by atoms with Crippen molar-refractivity contribution in [3.63, 3.8) is 0 Å². The highest BCUT2D eigenvalue weighted by Crippen LogP contribution is 2.29. The summed E-state index contributed by atoms with van der Waals surface area (Å²) in [5.74, 6) is 0. The molecule has 1 fully saturated rings. The number of rotatable bonds is 1. The van der Waals surface area contributed by atoms with Crippen molar-refractivity contribution in [2.45, 2.75) is 12.5 Å². The molecular formula is C10H11ClO2. The molecule has 0 aliphatic carbocycles. The van der Waals surface area contributed by atoms with Crippen molar-refractivity contribution in [2.24, 2.45) is 0 Å². The van der Waals surface area contributed by atoms with Crippen LogP contribution in [0.2, 0.25) is 5.02 Å². The normalized spacial score (nSPS) is 23.0. The predicted octanol–water partition coefficient (Wildman–Crippen LogP) is 2.78. The summed E-state index contributed by atoms with van der Waals surface area (Å²) in [6.45, 7) is 1.12. The molecule has 1 aromatic carbocycles. The van der Waals surface area contributed by atoms with Crippen LogP contribution in [-0.2, 0) is 9.47 Å². The minimum Gasteiger partial charge on any atom is -0.355 e. The largest absolute Gasteiger partial charge is 0.355 e. The van der Waals surface area contributed by atoms with Crippen molar-refractivity contribution in [1.29, 1.82) is 0 Å². The third kappa shape index (κ3) is 2.02. The highest BCUT2D eigenvalue weighted by Gasteiger charge is 2.18. The Labute approximate surface area is 82.4 Å². The van der Waals surface area contributed by atoms with Crippen LogP contribution in [0.4, 0.5) is 0 Å². The van der Waals surface area contributed by atoms with E-state index in [1.807, 2.05) is 24.3 Å². The zero-order chi connectivity index (χ0) is 9.10. The molecule has 1 unspecified atom stereocenters. The Morgan fingerprint density at radius 3 is 2.85 bits per heavy atom. The Bertz CT molecular complexity index is 282. The highest BCUT2D eigenvalue weighted by atomic mass is 35.5. The SMILES string of the molecule is Clc1ccccc1C1CCOCO1. The van der Waals surface area contributed by atoms with Gasteiger partial charge in [-0.2, -0.15) is 0 Å². The van der Waals surface area contributed by atoms with E-state index >= 15 is 0 Å². The van der Waals surface area contributed by atoms with Gasteiger partial charge in [0, 0.05) is 11.4 Å². The first-order valence-corrected chi connectivity index (χ1v) is 4.69. The van der Waals surface area contributed by atoms with Crippen LogP contribution in [0.3, 0.4) is 0 Å². The Hall–Kier alpha value is -0.570. The molecule has 1 aliphatic heterocycles. The van der Waals surface area contributed by atoms with Crippen molar-refractivity contribution in [3.05, 3.63) is 34.9 Å². The second-order valence-electron chi connectivity index (χ2n) is 2.99. The third-order valence-electron chi connectivity index (χ3n) is 2.13. The molecule has 1 atom stereocenters. The van der Waals surface area contributed by atoms with Gasteiger partial charge in [-0.3, -0.25) is 0 Å². The van der Waals surface area contributed by atoms with E-state index in [0.29, 0.717) is 6.79 Å². The fourth-order valence-electron chi connectivity index (χ4n) is 1.44. The Balaban J connectivity index is 2.18. The van der Waals surface area contributed by atoms with Crippen LogP contribution in [0.15, 0.2) is 24.3 Å². The fraction of sp³-hybridized carbons (Fsp3) is 0.400. The number of benzene rings is 1. The van der Waals surface area contributed by atoms with Gasteiger partial charge in [0.05, 0.1) is 12.7 Å². The van der Waals surface area contributed by atoms with Gasteiger partial charge in [-0.15, -0.1) is 0 Å². The lowest BCUT2D eigenvalue weighted by Gasteiger charge is -2.23. The fourth-order valence-corrected chi connectivity index (χ4v) is 1.70. The lowest BCUT2D eigenvalue weighted by atomic mass is 10.1. The maximum absolute atomic E-state index is 6.04. The Morgan fingerprint density at radius 2 is 2.15 bits per heavy atom. The molecule has 0 saturated carbocycles. The van der Waals surface area contributed by atoms with Crippen molar-refractivity contribution >= 4 is 11.6 Å². The molecule has 0 radical (unpaired) electrons. The molecule has 0 amide bonds. The quantitative estimate of drug-likeness (QED) is 0.691. The monoisotopic (exact) mass is 198 g/mol. The zero-order valence-electron chi connectivity index (χ0n) is 7.20. The van der Waals surface area contributed by atoms with Crippen LogP contribution in [0.25, 0.3) is 0 Å². The zero-order valence-corrected chi connectivity index (χ0v) is 7.96. The van der Waals surface area contributed by atoms with Gasteiger partial charge in [0.15, 0.2) is 0 Å². The van der Waals surface area contributed by atoms with Gasteiger partial charge < -0.3 is 9.47 Å². The van der Waals surface area contributed by atoms with E-state index in [0.717, 1.165) is 23.6 Å². The standard InChI is InChI=1S/C10H11ClO2/c11-9-4-2-1-3-8(9)10-5-6-12-7-13-10/h1-4,10H,5-7H2. The van der Waals surface area contributed by atoms with Crippen molar-refractivity contribution < 1.29 is 9.47 Å². The molecule has 0 spiro atoms. The smallest absolute Gasteiger partial charge is 0.147 e. The van der Waals surface area contributed by atoms with E-state index in [2.05, 4.69) is 0 Å². The maximum atomic E-state index is 6.04. The summed E-state index contributed by atoms with van der Waals surface area (Å²) < 4.78 is 10.5. The number of halogens is 1. The minimum atomic E-state index is 0.0995. The summed E-state index contributed by atoms with van der Waals surface area (Å²) in [6.07, 6.45) is 0.978. The van der Waals surface area contributed by atoms with E-state index in [4.69, 9.17) is 21.1 Å². The second kappa shape index (κ2) is 4.09. The molecular weight excluding hydrogens is 188 g/mol. The molecule has 2 nitrogen and oxygen atoms in total. The van der Waals surface area contributed by atoms with Crippen LogP contribution >= 0.6 is 11.6 Å². The Kier molecular flexibility index (Phi) is 2.83. The van der Waals surface area contributed by atoms with Crippen LogP contribution in [0.5, 0.6) is 0 Å². The average Bonchev–Trinajstić information content (AvgIpc) is 2.20. The van der Waals surface area contributed by atoms with Gasteiger partial charge >= 0.3 is 0 Å². The van der Waals surface area contributed by atoms with E-state index in [-0.39, 0.29) is 6.10 Å². The highest BCUT2D eigenvalue weighted by molar-refractivity contribution is 6.31. The summed E-state index contributed by atoms with van der Waals surface area (Å²) in [7, 11) is 0. The van der Waals surface area contributed by atoms with Gasteiger partial charge in [-0.25, -0.2) is 0 Å². The molecule has 2 rings (SSSR count). The van der Waals surface area contributed by atoms with Crippen LogP contribution in [0.1, 0.15) is 18.1 Å². The topological polar surface area (TPSA) is 18.5 Å². The molecule has 13 heavy (non-hydrogen) atoms. The van der Waals surface area contributed by atoms with E-state index < -0.39 is 0 Å². The third-order valence-corrected chi connectivity index (χ3v) is 2.47. The first kappa shape index (κ1) is 9.00. The lowest BCUT2D eigenvalue weighted by Crippen LogP contribution is -2.17. The molecule has 0 N–H and O–H groups in total. The van der Waals surface area contributed by atoms with Crippen LogP contribution in [0, 0.1) is 0 Å². The molecule has 70 valence electrons. The first-order chi connectivity index (χ1) is 6.38. The van der Waals surface area contributed by atoms with Gasteiger partial charge in [0.2, 0.25) is 0 Å². The summed E-state index contributed by atoms with van der Waals surface area (Å²) >= 11 is 6.04. The first-order valence-electron chi connectivity index (χ1n) is 4.31. The minimum absolute atomic E-state index is 0.0995. The van der Waals surface area contributed by atoms with Crippen molar-refractivity contribution in [3.8, 4) is 0 Å². The summed E-state index contributed by atoms with van der Waals surface area (Å²) in [5, 5.41) is 0.773. The van der Waals surface area contributed by atoms with Crippen LogP contribution in [-0.4, -0.2) is 13.4 Å². The number of ether oxygens (including phenoxy) is 2. The van der Waals surface area contributed by atoms with Gasteiger partial charge in [-0.05, 0) is 11.6 Å².